The van der Waals surface area contributed by atoms with Crippen molar-refractivity contribution in [2.75, 3.05) is 0 Å². The van der Waals surface area contributed by atoms with Gasteiger partial charge in [-0.15, -0.1) is 0 Å². The fraction of sp³-hybridized carbons (Fsp3) is 0.200. The van der Waals surface area contributed by atoms with Gasteiger partial charge in [-0.3, -0.25) is 19.2 Å². The smallest absolute Gasteiger partial charge is 0.234 e. The standard InChI is InChI=1S/2C15H14O3.Zn/c2*1-9(2)7-8-12-13(16)10-5-3-4-6-11(10)14(17)15(12)18;/h2*3-7,16H,8H2,1-2H3;. The van der Waals surface area contributed by atoms with Gasteiger partial charge in [0.15, 0.2) is 0 Å². The van der Waals surface area contributed by atoms with E-state index in [1.54, 1.807) is 48.5 Å². The van der Waals surface area contributed by atoms with E-state index >= 15 is 0 Å². The molecule has 2 aromatic carbocycles. The zero-order valence-electron chi connectivity index (χ0n) is 21.4. The first-order valence-electron chi connectivity index (χ1n) is 11.5. The van der Waals surface area contributed by atoms with Crippen molar-refractivity contribution in [2.45, 2.75) is 40.5 Å². The van der Waals surface area contributed by atoms with Crippen molar-refractivity contribution in [2.24, 2.45) is 0 Å². The normalized spacial score (nSPS) is 14.2. The number of allylic oxidation sites excluding steroid dienone is 6. The second kappa shape index (κ2) is 12.5. The quantitative estimate of drug-likeness (QED) is 0.269. The van der Waals surface area contributed by atoms with Crippen LogP contribution in [0, 0.1) is 0 Å². The van der Waals surface area contributed by atoms with Gasteiger partial charge in [0.1, 0.15) is 11.5 Å². The van der Waals surface area contributed by atoms with Crippen LogP contribution < -0.4 is 0 Å². The molecule has 0 saturated carbocycles. The van der Waals surface area contributed by atoms with Crippen molar-refractivity contribution in [3.8, 4) is 0 Å². The molecule has 0 radical (unpaired) electrons. The van der Waals surface area contributed by atoms with Crippen LogP contribution in [0.1, 0.15) is 72.4 Å². The van der Waals surface area contributed by atoms with E-state index in [0.717, 1.165) is 11.1 Å². The van der Waals surface area contributed by atoms with E-state index in [0.29, 0.717) is 11.1 Å². The zero-order chi connectivity index (χ0) is 26.6. The molecule has 2 aromatic rings. The summed E-state index contributed by atoms with van der Waals surface area (Å²) in [6.45, 7) is 7.61. The molecule has 0 bridgehead atoms. The number of carbonyl (C=O) groups is 4. The van der Waals surface area contributed by atoms with Crippen LogP contribution >= 0.6 is 0 Å². The first kappa shape index (κ1) is 29.5. The van der Waals surface area contributed by atoms with E-state index < -0.39 is 23.1 Å². The summed E-state index contributed by atoms with van der Waals surface area (Å²) in [5, 5.41) is 20.2. The monoisotopic (exact) mass is 548 g/mol. The second-order valence-corrected chi connectivity index (χ2v) is 9.03. The molecule has 0 aromatic heterocycles. The Morgan fingerprint density at radius 2 is 0.865 bits per heavy atom. The van der Waals surface area contributed by atoms with Gasteiger partial charge < -0.3 is 10.2 Å². The van der Waals surface area contributed by atoms with Gasteiger partial charge in [0.05, 0.1) is 0 Å². The Balaban J connectivity index is 0.000000253. The summed E-state index contributed by atoms with van der Waals surface area (Å²) >= 11 is 0. The first-order valence-corrected chi connectivity index (χ1v) is 11.5. The topological polar surface area (TPSA) is 109 Å². The molecule has 7 heteroatoms. The fourth-order valence-electron chi connectivity index (χ4n) is 3.83. The predicted molar refractivity (Wildman–Crippen MR) is 139 cm³/mol. The van der Waals surface area contributed by atoms with Crippen LogP contribution in [0.3, 0.4) is 0 Å². The molecule has 4 rings (SSSR count). The number of Topliss-reactive ketones (excluding diaryl/α,β-unsaturated/α-hetero) is 4. The average molecular weight is 550 g/mol. The van der Waals surface area contributed by atoms with Crippen LogP contribution in [0.2, 0.25) is 0 Å². The van der Waals surface area contributed by atoms with E-state index in [2.05, 4.69) is 0 Å². The van der Waals surface area contributed by atoms with Gasteiger partial charge in [-0.1, -0.05) is 71.8 Å². The largest absolute Gasteiger partial charge is 0.507 e. The third kappa shape index (κ3) is 6.36. The molecule has 0 unspecified atom stereocenters. The van der Waals surface area contributed by atoms with Gasteiger partial charge >= 0.3 is 0 Å². The molecule has 2 aliphatic carbocycles. The van der Waals surface area contributed by atoms with Crippen molar-refractivity contribution in [1.82, 2.24) is 0 Å². The number of hydrogen-bond acceptors (Lipinski definition) is 6. The molecule has 0 aliphatic heterocycles. The maximum atomic E-state index is 11.9. The minimum absolute atomic E-state index is 0. The molecular weight excluding hydrogens is 522 g/mol. The van der Waals surface area contributed by atoms with Crippen molar-refractivity contribution in [3.63, 3.8) is 0 Å². The van der Waals surface area contributed by atoms with Gasteiger partial charge in [-0.05, 0) is 40.5 Å². The molecule has 0 fully saturated rings. The molecule has 0 amide bonds. The van der Waals surface area contributed by atoms with E-state index in [-0.39, 0.29) is 66.1 Å². The fourth-order valence-corrected chi connectivity index (χ4v) is 3.83. The Labute approximate surface area is 228 Å². The third-order valence-electron chi connectivity index (χ3n) is 5.81. The summed E-state index contributed by atoms with van der Waals surface area (Å²) in [5.74, 6) is -2.45. The van der Waals surface area contributed by atoms with Crippen molar-refractivity contribution in [3.05, 3.63) is 105 Å². The third-order valence-corrected chi connectivity index (χ3v) is 5.81. The minimum atomic E-state index is -0.608. The molecule has 0 saturated heterocycles. The van der Waals surface area contributed by atoms with E-state index in [1.165, 1.54) is 0 Å². The Bertz CT molecular complexity index is 1290. The van der Waals surface area contributed by atoms with Crippen LogP contribution in [0.25, 0.3) is 11.5 Å². The van der Waals surface area contributed by atoms with Crippen LogP contribution in [-0.2, 0) is 29.1 Å². The van der Waals surface area contributed by atoms with Gasteiger partial charge in [0.2, 0.25) is 23.1 Å². The Hall–Kier alpha value is -3.70. The molecule has 0 atom stereocenters. The molecule has 0 spiro atoms. The van der Waals surface area contributed by atoms with Crippen LogP contribution in [0.4, 0.5) is 0 Å². The van der Waals surface area contributed by atoms with Crippen LogP contribution in [0.5, 0.6) is 0 Å². The molecular formula is C30H28O6Zn. The number of hydrogen-bond donors (Lipinski definition) is 2. The molecule has 6 nitrogen and oxygen atoms in total. The summed E-state index contributed by atoms with van der Waals surface area (Å²) in [5.41, 5.74) is 3.88. The number of aliphatic hydroxyl groups excluding tert-OH is 2. The summed E-state index contributed by atoms with van der Waals surface area (Å²) in [6, 6.07) is 13.2. The predicted octanol–water partition coefficient (Wildman–Crippen LogP) is 6.15. The summed E-state index contributed by atoms with van der Waals surface area (Å²) in [4.78, 5) is 47.6. The van der Waals surface area contributed by atoms with E-state index in [9.17, 15) is 29.4 Å². The van der Waals surface area contributed by atoms with Gasteiger partial charge in [0.25, 0.3) is 0 Å². The van der Waals surface area contributed by atoms with Crippen LogP contribution in [0.15, 0.2) is 83.0 Å². The number of carbonyl (C=O) groups excluding carboxylic acids is 4. The zero-order valence-corrected chi connectivity index (χ0v) is 24.4. The number of rotatable bonds is 4. The van der Waals surface area contributed by atoms with Gasteiger partial charge in [0, 0.05) is 52.9 Å². The number of aliphatic hydroxyl groups is 2. The Kier molecular flexibility index (Phi) is 9.98. The Morgan fingerprint density at radius 1 is 0.568 bits per heavy atom. The van der Waals surface area contributed by atoms with Crippen LogP contribution in [-0.4, -0.2) is 33.3 Å². The van der Waals surface area contributed by atoms with Crippen molar-refractivity contribution in [1.29, 1.82) is 0 Å². The molecule has 0 heterocycles. The molecule has 2 aliphatic rings. The second-order valence-electron chi connectivity index (χ2n) is 9.03. The summed E-state index contributed by atoms with van der Waals surface area (Å²) in [7, 11) is 0. The number of fused-ring (bicyclic) bond motifs is 2. The van der Waals surface area contributed by atoms with Gasteiger partial charge in [-0.25, -0.2) is 0 Å². The summed E-state index contributed by atoms with van der Waals surface area (Å²) in [6.07, 6.45) is 4.22. The van der Waals surface area contributed by atoms with E-state index in [1.807, 2.05) is 39.8 Å². The van der Waals surface area contributed by atoms with Crippen molar-refractivity contribution >= 4 is 34.7 Å². The number of ketones is 4. The molecule has 2 N–H and O–H groups in total. The van der Waals surface area contributed by atoms with Crippen molar-refractivity contribution < 1.29 is 48.9 Å². The summed E-state index contributed by atoms with van der Waals surface area (Å²) < 4.78 is 0. The number of benzene rings is 2. The SMILES string of the molecule is CC(C)=CCC1=C(O)c2ccccc2C(=O)C1=O.CC(C)=CCC1=C(O)c2ccccc2C(=O)C1=O.[Zn]. The first-order chi connectivity index (χ1) is 17.0. The van der Waals surface area contributed by atoms with E-state index in [4.69, 9.17) is 0 Å². The minimum Gasteiger partial charge on any atom is -0.507 e. The molecule has 186 valence electrons. The van der Waals surface area contributed by atoms with Gasteiger partial charge in [-0.2, -0.15) is 0 Å². The maximum absolute atomic E-state index is 11.9. The maximum Gasteiger partial charge on any atom is 0.234 e. The Morgan fingerprint density at radius 3 is 1.16 bits per heavy atom. The molecule has 37 heavy (non-hydrogen) atoms. The average Bonchev–Trinajstić information content (AvgIpc) is 2.86.